The molecule has 2 aromatic heterocycles. The number of hydrogen-bond donors (Lipinski definition) is 0. The van der Waals surface area contributed by atoms with Gasteiger partial charge in [-0.25, -0.2) is 4.98 Å². The van der Waals surface area contributed by atoms with Crippen molar-refractivity contribution in [2.24, 2.45) is 0 Å². The van der Waals surface area contributed by atoms with Gasteiger partial charge in [-0.05, 0) is 12.1 Å². The maximum atomic E-state index is 11.8. The number of thioether (sulfide) groups is 1. The number of carbonyl (C=O) groups is 1. The minimum absolute atomic E-state index is 0.0263. The summed E-state index contributed by atoms with van der Waals surface area (Å²) < 4.78 is 6.65. The number of benzene rings is 1. The van der Waals surface area contributed by atoms with Crippen molar-refractivity contribution in [2.45, 2.75) is 17.9 Å². The maximum Gasteiger partial charge on any atom is 0.307 e. The summed E-state index contributed by atoms with van der Waals surface area (Å²) in [7, 11) is 0. The predicted molar refractivity (Wildman–Crippen MR) is 90.9 cm³/mol. The zero-order valence-corrected chi connectivity index (χ0v) is 13.8. The van der Waals surface area contributed by atoms with Crippen LogP contribution in [0.4, 0.5) is 0 Å². The summed E-state index contributed by atoms with van der Waals surface area (Å²) in [5.41, 5.74) is 0.309. The number of fused-ring (bicyclic) bond motifs is 1. The van der Waals surface area contributed by atoms with Gasteiger partial charge in [-0.2, -0.15) is 0 Å². The monoisotopic (exact) mass is 346 g/mol. The Morgan fingerprint density at radius 1 is 1.30 bits per heavy atom. The van der Waals surface area contributed by atoms with Crippen molar-refractivity contribution in [2.75, 3.05) is 5.75 Å². The summed E-state index contributed by atoms with van der Waals surface area (Å²) in [5.74, 6) is 0.365. The molecule has 0 atom stereocenters. The molecule has 0 bridgehead atoms. The molecule has 0 aliphatic rings. The Bertz CT molecular complexity index is 858. The van der Waals surface area contributed by atoms with Gasteiger partial charge in [-0.15, -0.1) is 23.1 Å². The molecular formula is C16H14N2O3S2. The van der Waals surface area contributed by atoms with Crippen molar-refractivity contribution in [1.29, 1.82) is 0 Å². The lowest BCUT2D eigenvalue weighted by Gasteiger charge is -2.05. The van der Waals surface area contributed by atoms with Crippen molar-refractivity contribution < 1.29 is 9.53 Å². The Morgan fingerprint density at radius 2 is 2.13 bits per heavy atom. The largest absolute Gasteiger partial charge is 0.459 e. The Morgan fingerprint density at radius 3 is 2.96 bits per heavy atom. The summed E-state index contributed by atoms with van der Waals surface area (Å²) in [6.07, 6.45) is 1.99. The Hall–Kier alpha value is -2.12. The van der Waals surface area contributed by atoms with Gasteiger partial charge in [0.25, 0.3) is 5.56 Å². The third-order valence-electron chi connectivity index (χ3n) is 3.06. The Kier molecular flexibility index (Phi) is 5.09. The standard InChI is InChI=1S/C16H14N2O3S2/c19-14-10-12(17-16-18(14)7-9-23-16)11-21-15(20)6-8-22-13-4-2-1-3-5-13/h1-5,7,9-10H,6,8,11H2. The van der Waals surface area contributed by atoms with Crippen LogP contribution in [0.1, 0.15) is 12.1 Å². The van der Waals surface area contributed by atoms with E-state index in [-0.39, 0.29) is 18.1 Å². The zero-order valence-electron chi connectivity index (χ0n) is 12.2. The average molecular weight is 346 g/mol. The fraction of sp³-hybridized carbons (Fsp3) is 0.188. The molecule has 7 heteroatoms. The Labute approximate surface area is 140 Å². The molecule has 118 valence electrons. The maximum absolute atomic E-state index is 11.8. The molecule has 0 saturated carbocycles. The van der Waals surface area contributed by atoms with Gasteiger partial charge in [0.2, 0.25) is 0 Å². The number of esters is 1. The van der Waals surface area contributed by atoms with E-state index in [2.05, 4.69) is 4.98 Å². The van der Waals surface area contributed by atoms with E-state index < -0.39 is 0 Å². The van der Waals surface area contributed by atoms with Crippen molar-refractivity contribution in [1.82, 2.24) is 9.38 Å². The minimum atomic E-state index is -0.290. The van der Waals surface area contributed by atoms with Crippen LogP contribution in [0, 0.1) is 0 Å². The van der Waals surface area contributed by atoms with Crippen LogP contribution in [0.15, 0.2) is 57.7 Å². The number of nitrogens with zero attached hydrogens (tertiary/aromatic N) is 2. The van der Waals surface area contributed by atoms with Crippen LogP contribution in [0.3, 0.4) is 0 Å². The van der Waals surface area contributed by atoms with Crippen LogP contribution in [-0.2, 0) is 16.1 Å². The molecule has 0 saturated heterocycles. The topological polar surface area (TPSA) is 60.7 Å². The zero-order chi connectivity index (χ0) is 16.1. The molecule has 0 spiro atoms. The fourth-order valence-electron chi connectivity index (χ4n) is 1.96. The van der Waals surface area contributed by atoms with Crippen LogP contribution in [-0.4, -0.2) is 21.1 Å². The summed E-state index contributed by atoms with van der Waals surface area (Å²) in [6, 6.07) is 11.3. The smallest absolute Gasteiger partial charge is 0.307 e. The highest BCUT2D eigenvalue weighted by molar-refractivity contribution is 7.99. The van der Waals surface area contributed by atoms with Gasteiger partial charge < -0.3 is 4.74 Å². The molecule has 5 nitrogen and oxygen atoms in total. The van der Waals surface area contributed by atoms with E-state index in [1.807, 2.05) is 30.3 Å². The molecule has 0 fully saturated rings. The van der Waals surface area contributed by atoms with Gasteiger partial charge in [0.1, 0.15) is 6.61 Å². The first kappa shape index (κ1) is 15.8. The van der Waals surface area contributed by atoms with Crippen LogP contribution >= 0.6 is 23.1 Å². The van der Waals surface area contributed by atoms with E-state index in [4.69, 9.17) is 4.74 Å². The molecular weight excluding hydrogens is 332 g/mol. The number of rotatable bonds is 6. The van der Waals surface area contributed by atoms with Crippen LogP contribution in [0.25, 0.3) is 4.96 Å². The van der Waals surface area contributed by atoms with E-state index in [0.717, 1.165) is 4.90 Å². The van der Waals surface area contributed by atoms with Crippen LogP contribution < -0.4 is 5.56 Å². The third-order valence-corrected chi connectivity index (χ3v) is 4.83. The van der Waals surface area contributed by atoms with Gasteiger partial charge in [-0.1, -0.05) is 18.2 Å². The lowest BCUT2D eigenvalue weighted by atomic mass is 10.4. The second kappa shape index (κ2) is 7.43. The third kappa shape index (κ3) is 4.20. The molecule has 0 unspecified atom stereocenters. The Balaban J connectivity index is 1.49. The average Bonchev–Trinajstić information content (AvgIpc) is 3.03. The number of ether oxygens (including phenoxy) is 1. The molecule has 2 heterocycles. The van der Waals surface area contributed by atoms with E-state index in [1.165, 1.54) is 21.8 Å². The predicted octanol–water partition coefficient (Wildman–Crippen LogP) is 2.98. The van der Waals surface area contributed by atoms with E-state index in [9.17, 15) is 9.59 Å². The number of hydrogen-bond acceptors (Lipinski definition) is 6. The summed E-state index contributed by atoms with van der Waals surface area (Å²) in [6.45, 7) is 0.0263. The number of aromatic nitrogens is 2. The van der Waals surface area contributed by atoms with E-state index in [1.54, 1.807) is 23.3 Å². The highest BCUT2D eigenvalue weighted by Crippen LogP contribution is 2.18. The van der Waals surface area contributed by atoms with Gasteiger partial charge in [0.15, 0.2) is 4.96 Å². The second-order valence-corrected chi connectivity index (χ2v) is 6.75. The van der Waals surface area contributed by atoms with Crippen molar-refractivity contribution in [3.8, 4) is 0 Å². The minimum Gasteiger partial charge on any atom is -0.459 e. The normalized spacial score (nSPS) is 10.8. The molecule has 0 N–H and O–H groups in total. The molecule has 23 heavy (non-hydrogen) atoms. The highest BCUT2D eigenvalue weighted by atomic mass is 32.2. The molecule has 0 amide bonds. The number of carbonyl (C=O) groups excluding carboxylic acids is 1. The van der Waals surface area contributed by atoms with Gasteiger partial charge >= 0.3 is 5.97 Å². The SMILES string of the molecule is O=C(CCSc1ccccc1)OCc1cc(=O)n2ccsc2n1. The molecule has 3 aromatic rings. The van der Waals surface area contributed by atoms with Gasteiger partial charge in [0.05, 0.1) is 12.1 Å². The lowest BCUT2D eigenvalue weighted by Crippen LogP contribution is -2.14. The molecule has 0 radical (unpaired) electrons. The summed E-state index contributed by atoms with van der Waals surface area (Å²) in [5, 5.41) is 1.79. The van der Waals surface area contributed by atoms with Crippen LogP contribution in [0.2, 0.25) is 0 Å². The van der Waals surface area contributed by atoms with Gasteiger partial charge in [0, 0.05) is 28.3 Å². The second-order valence-electron chi connectivity index (χ2n) is 4.71. The van der Waals surface area contributed by atoms with Crippen molar-refractivity contribution in [3.05, 3.63) is 64.0 Å². The molecule has 1 aromatic carbocycles. The highest BCUT2D eigenvalue weighted by Gasteiger charge is 2.07. The first-order valence-electron chi connectivity index (χ1n) is 7.01. The first-order valence-corrected chi connectivity index (χ1v) is 8.88. The quantitative estimate of drug-likeness (QED) is 0.507. The van der Waals surface area contributed by atoms with Crippen LogP contribution in [0.5, 0.6) is 0 Å². The molecule has 3 rings (SSSR count). The van der Waals surface area contributed by atoms with Crippen molar-refractivity contribution in [3.63, 3.8) is 0 Å². The summed E-state index contributed by atoms with van der Waals surface area (Å²) >= 11 is 2.98. The molecule has 0 aliphatic heterocycles. The first-order chi connectivity index (χ1) is 11.2. The molecule has 0 aliphatic carbocycles. The van der Waals surface area contributed by atoms with E-state index >= 15 is 0 Å². The fourth-order valence-corrected chi connectivity index (χ4v) is 3.55. The lowest BCUT2D eigenvalue weighted by molar-refractivity contribution is -0.144. The van der Waals surface area contributed by atoms with E-state index in [0.29, 0.717) is 22.8 Å². The summed E-state index contributed by atoms with van der Waals surface area (Å²) in [4.78, 5) is 29.6. The van der Waals surface area contributed by atoms with Gasteiger partial charge in [-0.3, -0.25) is 14.0 Å². The number of thiazole rings is 1. The van der Waals surface area contributed by atoms with Crippen molar-refractivity contribution >= 4 is 34.0 Å².